The Kier molecular flexibility index (Phi) is 10.9. The number of para-hydroxylation sites is 2. The van der Waals surface area contributed by atoms with Crippen LogP contribution in [0, 0.1) is 17.8 Å². The number of hydrogen-bond acceptors (Lipinski definition) is 10. The maximum atomic E-state index is 13.2. The molecule has 1 aliphatic carbocycles. The summed E-state index contributed by atoms with van der Waals surface area (Å²) in [4.78, 5) is 49.4. The molecule has 0 bridgehead atoms. The molecule has 7 rings (SSSR count). The maximum absolute atomic E-state index is 13.2. The van der Waals surface area contributed by atoms with E-state index in [1.807, 2.05) is 75.7 Å². The van der Waals surface area contributed by atoms with Crippen LogP contribution >= 0.6 is 8.53 Å². The first-order valence-electron chi connectivity index (χ1n) is 19.0. The molecule has 2 aromatic heterocycles. The second kappa shape index (κ2) is 15.4. The zero-order chi connectivity index (χ0) is 39.2. The van der Waals surface area contributed by atoms with Crippen LogP contribution in [0.1, 0.15) is 72.9 Å². The van der Waals surface area contributed by atoms with E-state index < -0.39 is 37.6 Å². The minimum absolute atomic E-state index is 0.0153. The molecule has 13 nitrogen and oxygen atoms in total. The predicted octanol–water partition coefficient (Wildman–Crippen LogP) is 7.34. The van der Waals surface area contributed by atoms with Gasteiger partial charge in [0.15, 0.2) is 11.2 Å². The van der Waals surface area contributed by atoms with Gasteiger partial charge in [0.05, 0.1) is 19.0 Å². The highest BCUT2D eigenvalue weighted by Gasteiger charge is 2.56. The van der Waals surface area contributed by atoms with Gasteiger partial charge in [0.1, 0.15) is 28.9 Å². The van der Waals surface area contributed by atoms with Crippen molar-refractivity contribution in [3.8, 4) is 11.5 Å². The van der Waals surface area contributed by atoms with Crippen LogP contribution in [-0.2, 0) is 30.1 Å². The number of imidazole rings is 1. The quantitative estimate of drug-likeness (QED) is 0.125. The van der Waals surface area contributed by atoms with Gasteiger partial charge in [0.2, 0.25) is 11.9 Å². The number of carbonyl (C=O) groups excluding carboxylic acids is 1. The normalized spacial score (nSPS) is 24.7. The number of rotatable bonds is 12. The summed E-state index contributed by atoms with van der Waals surface area (Å²) < 4.78 is 31.2. The SMILES string of the molecule is CC(C)C(=O)Nc1nc2c(=O)[nH]cnc2n1C1(C)CC(OC2(C3C=CC=CC3C)c3ccccc3Oc3ccccc32)[C@@H](COP(O)N(C(C)C)C(C)C)O1. The molecule has 4 aromatic rings. The van der Waals surface area contributed by atoms with Crippen LogP contribution in [0.15, 0.2) is 84.0 Å². The number of H-pyrrole nitrogens is 1. The van der Waals surface area contributed by atoms with Crippen LogP contribution in [0.25, 0.3) is 11.2 Å². The largest absolute Gasteiger partial charge is 0.457 e. The lowest BCUT2D eigenvalue weighted by Crippen LogP contribution is -2.48. The van der Waals surface area contributed by atoms with E-state index in [-0.39, 0.29) is 65.9 Å². The summed E-state index contributed by atoms with van der Waals surface area (Å²) in [7, 11) is -2.00. The Morgan fingerprint density at radius 1 is 1.05 bits per heavy atom. The first-order chi connectivity index (χ1) is 26.2. The highest BCUT2D eigenvalue weighted by atomic mass is 31.2. The molecule has 3 N–H and O–H groups in total. The molecule has 1 fully saturated rings. The van der Waals surface area contributed by atoms with Crippen LogP contribution in [0.3, 0.4) is 0 Å². The average Bonchev–Trinajstić information content (AvgIpc) is 3.68. The summed E-state index contributed by atoms with van der Waals surface area (Å²) in [5.74, 6) is 0.761. The van der Waals surface area contributed by atoms with Gasteiger partial charge in [-0.1, -0.05) is 81.5 Å². The second-order valence-electron chi connectivity index (χ2n) is 15.6. The Hall–Kier alpha value is -4.23. The number of nitrogens with one attached hydrogen (secondary N) is 2. The average molecular weight is 771 g/mol. The first kappa shape index (κ1) is 39.0. The summed E-state index contributed by atoms with van der Waals surface area (Å²) >= 11 is 0. The van der Waals surface area contributed by atoms with Gasteiger partial charge in [0.25, 0.3) is 14.1 Å². The van der Waals surface area contributed by atoms with Gasteiger partial charge in [0, 0.05) is 41.5 Å². The van der Waals surface area contributed by atoms with Crippen LogP contribution < -0.4 is 15.6 Å². The van der Waals surface area contributed by atoms with Crippen molar-refractivity contribution in [3.05, 3.63) is 101 Å². The summed E-state index contributed by atoms with van der Waals surface area (Å²) in [6, 6.07) is 16.0. The van der Waals surface area contributed by atoms with Crippen molar-refractivity contribution in [2.45, 2.75) is 97.4 Å². The van der Waals surface area contributed by atoms with E-state index in [4.69, 9.17) is 18.7 Å². The van der Waals surface area contributed by atoms with Gasteiger partial charge in [-0.15, -0.1) is 0 Å². The fraction of sp³-hybridized carbons (Fsp3) is 0.463. The number of amides is 1. The highest BCUT2D eigenvalue weighted by molar-refractivity contribution is 7.43. The van der Waals surface area contributed by atoms with Crippen molar-refractivity contribution >= 4 is 31.5 Å². The number of ether oxygens (including phenoxy) is 3. The topological polar surface area (TPSA) is 153 Å². The molecule has 292 valence electrons. The molecular formula is C41H51N6O7P. The van der Waals surface area contributed by atoms with Crippen LogP contribution in [0.2, 0.25) is 0 Å². The molecule has 6 atom stereocenters. The minimum atomic E-state index is -2.00. The molecule has 0 spiro atoms. The van der Waals surface area contributed by atoms with Crippen molar-refractivity contribution in [3.63, 3.8) is 0 Å². The fourth-order valence-corrected chi connectivity index (χ4v) is 9.47. The third-order valence-electron chi connectivity index (χ3n) is 10.7. The van der Waals surface area contributed by atoms with E-state index in [2.05, 4.69) is 63.6 Å². The lowest BCUT2D eigenvalue weighted by atomic mass is 9.68. The first-order valence-corrected chi connectivity index (χ1v) is 20.2. The third-order valence-corrected chi connectivity index (χ3v) is 12.4. The Morgan fingerprint density at radius 3 is 2.31 bits per heavy atom. The Bertz CT molecular complexity index is 2110. The summed E-state index contributed by atoms with van der Waals surface area (Å²) in [5, 5.41) is 2.91. The second-order valence-corrected chi connectivity index (χ2v) is 16.8. The lowest BCUT2D eigenvalue weighted by molar-refractivity contribution is -0.143. The molecule has 2 aliphatic heterocycles. The van der Waals surface area contributed by atoms with E-state index in [9.17, 15) is 14.5 Å². The van der Waals surface area contributed by atoms with Gasteiger partial charge in [-0.25, -0.2) is 14.6 Å². The Balaban J connectivity index is 1.38. The molecule has 14 heteroatoms. The molecule has 5 unspecified atom stereocenters. The van der Waals surface area contributed by atoms with Gasteiger partial charge >= 0.3 is 0 Å². The number of allylic oxidation sites excluding steroid dienone is 3. The number of anilines is 1. The van der Waals surface area contributed by atoms with E-state index in [1.54, 1.807) is 18.4 Å². The molecule has 1 amide bonds. The molecule has 4 heterocycles. The van der Waals surface area contributed by atoms with Crippen LogP contribution in [0.5, 0.6) is 11.5 Å². The van der Waals surface area contributed by atoms with Gasteiger partial charge in [-0.05, 0) is 52.7 Å². The number of nitrogens with zero attached hydrogens (tertiary/aromatic N) is 4. The molecular weight excluding hydrogens is 719 g/mol. The zero-order valence-electron chi connectivity index (χ0n) is 32.6. The Labute approximate surface area is 322 Å². The molecule has 1 saturated heterocycles. The highest BCUT2D eigenvalue weighted by Crippen LogP contribution is 2.57. The number of aromatic nitrogens is 4. The molecule has 2 aromatic carbocycles. The van der Waals surface area contributed by atoms with Crippen LogP contribution in [0.4, 0.5) is 5.95 Å². The van der Waals surface area contributed by atoms with Crippen molar-refractivity contribution in [2.24, 2.45) is 17.8 Å². The van der Waals surface area contributed by atoms with Crippen molar-refractivity contribution in [2.75, 3.05) is 11.9 Å². The molecule has 55 heavy (non-hydrogen) atoms. The van der Waals surface area contributed by atoms with Gasteiger partial charge < -0.3 is 28.6 Å². The van der Waals surface area contributed by atoms with E-state index >= 15 is 0 Å². The number of hydrogen-bond donors (Lipinski definition) is 3. The monoisotopic (exact) mass is 770 g/mol. The molecule has 0 radical (unpaired) electrons. The van der Waals surface area contributed by atoms with Crippen molar-refractivity contribution in [1.29, 1.82) is 0 Å². The molecule has 0 saturated carbocycles. The number of benzene rings is 2. The fourth-order valence-electron chi connectivity index (χ4n) is 8.26. The van der Waals surface area contributed by atoms with Crippen molar-refractivity contribution < 1.29 is 28.4 Å². The van der Waals surface area contributed by atoms with E-state index in [0.717, 1.165) is 11.1 Å². The zero-order valence-corrected chi connectivity index (χ0v) is 33.5. The smallest absolute Gasteiger partial charge is 0.278 e. The predicted molar refractivity (Wildman–Crippen MR) is 212 cm³/mol. The molecule has 3 aliphatic rings. The Morgan fingerprint density at radius 2 is 1.69 bits per heavy atom. The summed E-state index contributed by atoms with van der Waals surface area (Å²) in [5.41, 5.74) is -0.722. The minimum Gasteiger partial charge on any atom is -0.457 e. The third kappa shape index (κ3) is 7.07. The van der Waals surface area contributed by atoms with Crippen molar-refractivity contribution in [1.82, 2.24) is 24.2 Å². The summed E-state index contributed by atoms with van der Waals surface area (Å²) in [6.45, 7) is 15.7. The lowest BCUT2D eigenvalue weighted by Gasteiger charge is -2.48. The van der Waals surface area contributed by atoms with Crippen LogP contribution in [-0.4, -0.2) is 65.9 Å². The van der Waals surface area contributed by atoms with E-state index in [1.165, 1.54) is 6.33 Å². The standard InChI is InChI=1S/C41H51N6O7P/c1-24(2)37(48)45-39-44-35-36(42-23-43-38(35)49)46(39)40(8)21-33(34(53-40)22-51-55(50)47(25(3)4)26(5)6)54-41(28-16-10-9-15-27(28)7)29-17-11-13-19-31(29)52-32-20-14-12-18-30(32)41/h9-20,23-28,33-34,50H,21-22H2,1-8H3,(H,42,43,49)(H,44,45,48)/t27?,28?,33?,34-,40?,55?/m1/s1. The summed E-state index contributed by atoms with van der Waals surface area (Å²) in [6.07, 6.45) is 8.63. The number of fused-ring (bicyclic) bond motifs is 3. The number of carbonyl (C=O) groups is 1. The van der Waals surface area contributed by atoms with E-state index in [0.29, 0.717) is 11.5 Å². The number of aromatic amines is 1. The van der Waals surface area contributed by atoms with Gasteiger partial charge in [-0.3, -0.25) is 19.5 Å². The maximum Gasteiger partial charge on any atom is 0.278 e. The van der Waals surface area contributed by atoms with Gasteiger partial charge in [-0.2, -0.15) is 0 Å².